The molecule has 0 aliphatic carbocycles. The van der Waals surface area contributed by atoms with Crippen molar-refractivity contribution >= 4 is 33.9 Å². The van der Waals surface area contributed by atoms with E-state index in [4.69, 9.17) is 17.3 Å². The lowest BCUT2D eigenvalue weighted by Gasteiger charge is -2.10. The van der Waals surface area contributed by atoms with Gasteiger partial charge in [-0.05, 0) is 29.8 Å². The van der Waals surface area contributed by atoms with Crippen molar-refractivity contribution in [3.63, 3.8) is 0 Å². The number of hydrogen-bond donors (Lipinski definition) is 2. The summed E-state index contributed by atoms with van der Waals surface area (Å²) in [7, 11) is 0. The van der Waals surface area contributed by atoms with Crippen LogP contribution in [0.15, 0.2) is 54.7 Å². The minimum atomic E-state index is 0.693. The lowest BCUT2D eigenvalue weighted by atomic mass is 10.1. The molecule has 0 radical (unpaired) electrons. The van der Waals surface area contributed by atoms with E-state index in [0.29, 0.717) is 6.54 Å². The van der Waals surface area contributed by atoms with Crippen LogP contribution in [0, 0.1) is 0 Å². The molecule has 100 valence electrons. The van der Waals surface area contributed by atoms with Gasteiger partial charge in [-0.1, -0.05) is 35.9 Å². The van der Waals surface area contributed by atoms with Gasteiger partial charge in [0.25, 0.3) is 0 Å². The number of nitrogens with zero attached hydrogens (tertiary/aromatic N) is 1. The van der Waals surface area contributed by atoms with Crippen molar-refractivity contribution in [3.05, 3.63) is 65.3 Å². The Morgan fingerprint density at radius 1 is 1.00 bits per heavy atom. The maximum absolute atomic E-state index is 5.98. The van der Waals surface area contributed by atoms with Crippen molar-refractivity contribution in [3.8, 4) is 0 Å². The molecular formula is C16H14ClN3. The zero-order valence-electron chi connectivity index (χ0n) is 10.8. The van der Waals surface area contributed by atoms with E-state index in [-0.39, 0.29) is 0 Å². The third-order valence-electron chi connectivity index (χ3n) is 3.21. The average Bonchev–Trinajstić information content (AvgIpc) is 2.47. The first kappa shape index (κ1) is 12.8. The number of pyridine rings is 1. The fourth-order valence-corrected chi connectivity index (χ4v) is 2.29. The van der Waals surface area contributed by atoms with Crippen LogP contribution >= 0.6 is 11.6 Å². The molecule has 3 nitrogen and oxygen atoms in total. The molecule has 2 aromatic carbocycles. The van der Waals surface area contributed by atoms with Gasteiger partial charge in [0.15, 0.2) is 0 Å². The summed E-state index contributed by atoms with van der Waals surface area (Å²) in [4.78, 5) is 4.39. The van der Waals surface area contributed by atoms with Gasteiger partial charge in [0.2, 0.25) is 0 Å². The number of nitrogens with two attached hydrogens (primary N) is 1. The number of aromatic nitrogens is 1. The zero-order valence-corrected chi connectivity index (χ0v) is 11.6. The molecule has 0 aliphatic rings. The van der Waals surface area contributed by atoms with E-state index in [1.807, 2.05) is 48.5 Å². The quantitative estimate of drug-likeness (QED) is 0.712. The first-order valence-electron chi connectivity index (χ1n) is 6.35. The minimum absolute atomic E-state index is 0.693. The highest BCUT2D eigenvalue weighted by Crippen LogP contribution is 2.25. The molecule has 1 aromatic heterocycles. The Labute approximate surface area is 122 Å². The number of anilines is 2. The first-order valence-corrected chi connectivity index (χ1v) is 6.73. The second-order valence-corrected chi connectivity index (χ2v) is 5.02. The number of fused-ring (bicyclic) bond motifs is 1. The fraction of sp³-hybridized carbons (Fsp3) is 0.0625. The Kier molecular flexibility index (Phi) is 3.44. The lowest BCUT2D eigenvalue weighted by molar-refractivity contribution is 1.12. The second-order valence-electron chi connectivity index (χ2n) is 4.58. The van der Waals surface area contributed by atoms with E-state index < -0.39 is 0 Å². The summed E-state index contributed by atoms with van der Waals surface area (Å²) in [6.07, 6.45) is 1.77. The van der Waals surface area contributed by atoms with Crippen LogP contribution in [0.3, 0.4) is 0 Å². The Hall–Kier alpha value is -2.26. The van der Waals surface area contributed by atoms with Crippen molar-refractivity contribution in [1.82, 2.24) is 4.98 Å². The molecule has 20 heavy (non-hydrogen) atoms. The zero-order chi connectivity index (χ0) is 13.9. The highest BCUT2D eigenvalue weighted by Gasteiger charge is 2.04. The van der Waals surface area contributed by atoms with Gasteiger partial charge in [-0.25, -0.2) is 4.98 Å². The molecular weight excluding hydrogens is 270 g/mol. The van der Waals surface area contributed by atoms with E-state index in [9.17, 15) is 0 Å². The fourth-order valence-electron chi connectivity index (χ4n) is 2.16. The normalized spacial score (nSPS) is 10.7. The van der Waals surface area contributed by atoms with Gasteiger partial charge < -0.3 is 11.1 Å². The van der Waals surface area contributed by atoms with Gasteiger partial charge >= 0.3 is 0 Å². The molecule has 4 heteroatoms. The van der Waals surface area contributed by atoms with Crippen LogP contribution in [0.1, 0.15) is 5.56 Å². The summed E-state index contributed by atoms with van der Waals surface area (Å²) in [5, 5.41) is 6.13. The van der Waals surface area contributed by atoms with Gasteiger partial charge in [-0.15, -0.1) is 0 Å². The van der Waals surface area contributed by atoms with E-state index in [2.05, 4.69) is 10.3 Å². The van der Waals surface area contributed by atoms with Crippen molar-refractivity contribution in [2.24, 2.45) is 0 Å². The maximum Gasteiger partial charge on any atom is 0.134 e. The Morgan fingerprint density at radius 3 is 2.60 bits per heavy atom. The average molecular weight is 284 g/mol. The molecule has 0 saturated heterocycles. The number of hydrogen-bond acceptors (Lipinski definition) is 3. The summed E-state index contributed by atoms with van der Waals surface area (Å²) in [6.45, 7) is 0.693. The highest BCUT2D eigenvalue weighted by molar-refractivity contribution is 6.30. The summed E-state index contributed by atoms with van der Waals surface area (Å²) in [5.74, 6) is 0.838. The van der Waals surface area contributed by atoms with Crippen molar-refractivity contribution < 1.29 is 0 Å². The molecule has 0 aliphatic heterocycles. The Bertz CT molecular complexity index is 738. The van der Waals surface area contributed by atoms with Gasteiger partial charge in [0.1, 0.15) is 5.82 Å². The van der Waals surface area contributed by atoms with Gasteiger partial charge in [-0.2, -0.15) is 0 Å². The number of rotatable bonds is 3. The SMILES string of the molecule is Nc1cccc2c(NCc3ccc(Cl)cc3)nccc12. The van der Waals surface area contributed by atoms with Crippen LogP contribution in [0.2, 0.25) is 5.02 Å². The third-order valence-corrected chi connectivity index (χ3v) is 3.46. The standard InChI is InChI=1S/C16H14ClN3/c17-12-6-4-11(5-7-12)10-20-16-14-2-1-3-15(18)13(14)8-9-19-16/h1-9H,10,18H2,(H,19,20). The molecule has 3 N–H and O–H groups in total. The van der Waals surface area contributed by atoms with E-state index in [1.54, 1.807) is 6.20 Å². The van der Waals surface area contributed by atoms with Crippen LogP contribution < -0.4 is 11.1 Å². The van der Waals surface area contributed by atoms with Crippen LogP contribution in [-0.4, -0.2) is 4.98 Å². The molecule has 0 saturated carbocycles. The molecule has 0 unspecified atom stereocenters. The topological polar surface area (TPSA) is 50.9 Å². The van der Waals surface area contributed by atoms with Crippen molar-refractivity contribution in [2.75, 3.05) is 11.1 Å². The van der Waals surface area contributed by atoms with Crippen LogP contribution in [-0.2, 0) is 6.54 Å². The van der Waals surface area contributed by atoms with Gasteiger partial charge in [0.05, 0.1) is 0 Å². The Balaban J connectivity index is 1.88. The summed E-state index contributed by atoms with van der Waals surface area (Å²) in [5.41, 5.74) is 7.89. The number of halogens is 1. The summed E-state index contributed by atoms with van der Waals surface area (Å²) in [6, 6.07) is 15.5. The second kappa shape index (κ2) is 5.39. The molecule has 3 aromatic rings. The molecule has 0 atom stereocenters. The largest absolute Gasteiger partial charge is 0.398 e. The predicted molar refractivity (Wildman–Crippen MR) is 84.9 cm³/mol. The molecule has 0 bridgehead atoms. The van der Waals surface area contributed by atoms with E-state index >= 15 is 0 Å². The molecule has 1 heterocycles. The van der Waals surface area contributed by atoms with Crippen LogP contribution in [0.25, 0.3) is 10.8 Å². The molecule has 0 amide bonds. The van der Waals surface area contributed by atoms with Crippen LogP contribution in [0.5, 0.6) is 0 Å². The number of nitrogens with one attached hydrogen (secondary N) is 1. The maximum atomic E-state index is 5.98. The van der Waals surface area contributed by atoms with E-state index in [1.165, 1.54) is 0 Å². The van der Waals surface area contributed by atoms with Crippen molar-refractivity contribution in [2.45, 2.75) is 6.54 Å². The summed E-state index contributed by atoms with van der Waals surface area (Å²) >= 11 is 5.88. The monoisotopic (exact) mass is 283 g/mol. The molecule has 3 rings (SSSR count). The Morgan fingerprint density at radius 2 is 1.80 bits per heavy atom. The minimum Gasteiger partial charge on any atom is -0.398 e. The number of benzene rings is 2. The van der Waals surface area contributed by atoms with Gasteiger partial charge in [0, 0.05) is 34.2 Å². The highest BCUT2D eigenvalue weighted by atomic mass is 35.5. The van der Waals surface area contributed by atoms with Crippen molar-refractivity contribution in [1.29, 1.82) is 0 Å². The smallest absolute Gasteiger partial charge is 0.134 e. The molecule has 0 spiro atoms. The lowest BCUT2D eigenvalue weighted by Crippen LogP contribution is -2.02. The predicted octanol–water partition coefficient (Wildman–Crippen LogP) is 4.08. The third kappa shape index (κ3) is 2.53. The van der Waals surface area contributed by atoms with E-state index in [0.717, 1.165) is 32.9 Å². The molecule has 0 fully saturated rings. The van der Waals surface area contributed by atoms with Crippen LogP contribution in [0.4, 0.5) is 11.5 Å². The first-order chi connectivity index (χ1) is 9.74. The number of nitrogen functional groups attached to an aromatic ring is 1. The van der Waals surface area contributed by atoms with Gasteiger partial charge in [-0.3, -0.25) is 0 Å². The summed E-state index contributed by atoms with van der Waals surface area (Å²) < 4.78 is 0.